The zero-order chi connectivity index (χ0) is 24.8. The highest BCUT2D eigenvalue weighted by Gasteiger charge is 2.69. The molecule has 5 rings (SSSR count). The molecule has 0 heterocycles. The van der Waals surface area contributed by atoms with Gasteiger partial charge in [-0.05, 0) is 110 Å². The monoisotopic (exact) mass is 486 g/mol. The van der Waals surface area contributed by atoms with Crippen LogP contribution in [0.1, 0.15) is 99.3 Å². The van der Waals surface area contributed by atoms with E-state index in [1.807, 2.05) is 0 Å². The summed E-state index contributed by atoms with van der Waals surface area (Å²) in [7, 11) is 2.19. The average molecular weight is 487 g/mol. The number of hydrogen-bond acceptors (Lipinski definition) is 3. The number of hydrogen-bond donors (Lipinski definition) is 0. The lowest BCUT2D eigenvalue weighted by Gasteiger charge is -2.71. The maximum Gasteiger partial charge on any atom is 0.311 e. The van der Waals surface area contributed by atoms with Crippen molar-refractivity contribution in [1.82, 2.24) is 0 Å². The summed E-state index contributed by atoms with van der Waals surface area (Å²) >= 11 is 0. The first kappa shape index (κ1) is 25.0. The number of Topliss-reactive ketones (excluding diaryl/α,β-unsaturated/α-hetero) is 1. The summed E-state index contributed by atoms with van der Waals surface area (Å²) in [4.78, 5) is 25.7. The van der Waals surface area contributed by atoms with Crippen LogP contribution < -0.4 is 0 Å². The topological polar surface area (TPSA) is 43.4 Å². The van der Waals surface area contributed by atoms with E-state index < -0.39 is 0 Å². The highest BCUT2D eigenvalue weighted by atomic mass is 31.0. The van der Waals surface area contributed by atoms with E-state index in [2.05, 4.69) is 57.6 Å². The Hall–Kier alpha value is -0.690. The number of fused-ring (bicyclic) bond motifs is 7. The van der Waals surface area contributed by atoms with E-state index in [9.17, 15) is 9.59 Å². The van der Waals surface area contributed by atoms with E-state index in [-0.39, 0.29) is 28.1 Å². The molecule has 5 aliphatic carbocycles. The van der Waals surface area contributed by atoms with Crippen LogP contribution >= 0.6 is 9.47 Å². The summed E-state index contributed by atoms with van der Waals surface area (Å²) in [6.45, 7) is 18.9. The van der Waals surface area contributed by atoms with Gasteiger partial charge in [0.2, 0.25) is 0 Å². The van der Waals surface area contributed by atoms with Crippen LogP contribution in [-0.2, 0) is 14.1 Å². The van der Waals surface area contributed by atoms with Crippen molar-refractivity contribution in [2.45, 2.75) is 99.3 Å². The Morgan fingerprint density at radius 1 is 0.941 bits per heavy atom. The number of rotatable bonds is 2. The Balaban J connectivity index is 1.52. The van der Waals surface area contributed by atoms with Gasteiger partial charge in [0.15, 0.2) is 0 Å². The predicted molar refractivity (Wildman–Crippen MR) is 140 cm³/mol. The molecule has 2 unspecified atom stereocenters. The molecule has 4 heteroatoms. The van der Waals surface area contributed by atoms with Gasteiger partial charge in [0.1, 0.15) is 5.78 Å². The Morgan fingerprint density at radius 3 is 2.26 bits per heavy atom. The Labute approximate surface area is 209 Å². The normalized spacial score (nSPS) is 51.5. The maximum atomic E-state index is 12.9. The second-order valence-electron chi connectivity index (χ2n) is 14.3. The van der Waals surface area contributed by atoms with E-state index in [1.54, 1.807) is 0 Å². The molecule has 0 aliphatic heterocycles. The summed E-state index contributed by atoms with van der Waals surface area (Å²) < 4.78 is 5.20. The van der Waals surface area contributed by atoms with E-state index >= 15 is 0 Å². The predicted octanol–water partition coefficient (Wildman–Crippen LogP) is 7.40. The van der Waals surface area contributed by atoms with Crippen molar-refractivity contribution in [3.05, 3.63) is 12.2 Å². The fourth-order valence-corrected chi connectivity index (χ4v) is 11.5. The van der Waals surface area contributed by atoms with E-state index in [0.717, 1.165) is 25.7 Å². The molecule has 34 heavy (non-hydrogen) atoms. The maximum absolute atomic E-state index is 12.9. The summed E-state index contributed by atoms with van der Waals surface area (Å²) in [5.74, 6) is 3.74. The quantitative estimate of drug-likeness (QED) is 0.302. The third-order valence-electron chi connectivity index (χ3n) is 13.2. The summed E-state index contributed by atoms with van der Waals surface area (Å²) in [5, 5.41) is 0. The van der Waals surface area contributed by atoms with Crippen LogP contribution in [0.4, 0.5) is 0 Å². The molecule has 0 amide bonds. The van der Waals surface area contributed by atoms with Crippen molar-refractivity contribution in [1.29, 1.82) is 0 Å². The average Bonchev–Trinajstić information content (AvgIpc) is 3.16. The summed E-state index contributed by atoms with van der Waals surface area (Å²) in [6, 6.07) is 0. The molecule has 0 spiro atoms. The first-order valence-corrected chi connectivity index (χ1v) is 14.4. The largest absolute Gasteiger partial charge is 0.451 e. The van der Waals surface area contributed by atoms with E-state index in [1.165, 1.54) is 37.7 Å². The van der Waals surface area contributed by atoms with Crippen LogP contribution in [0.3, 0.4) is 0 Å². The lowest BCUT2D eigenvalue weighted by molar-refractivity contribution is -0.226. The molecular weight excluding hydrogens is 439 g/mol. The van der Waals surface area contributed by atoms with E-state index in [4.69, 9.17) is 4.52 Å². The number of ketones is 1. The Bertz CT molecular complexity index is 909. The smallest absolute Gasteiger partial charge is 0.311 e. The van der Waals surface area contributed by atoms with Crippen molar-refractivity contribution in [2.75, 3.05) is 0 Å². The fourth-order valence-electron chi connectivity index (χ4n) is 11.4. The molecule has 0 aromatic heterocycles. The third kappa shape index (κ3) is 3.04. The first-order valence-electron chi connectivity index (χ1n) is 13.9. The third-order valence-corrected chi connectivity index (χ3v) is 13.4. The minimum absolute atomic E-state index is 0.0256. The standard InChI is InChI=1S/C30H47O3P/c1-17(2)19-16-20(26(32)33-34)18-10-14-29(6)21(25(18)19)8-9-23-28(5)13-12-24(31)27(3,4)22(28)11-15-30(23,29)7/h18-23,25H,1,8-16,34H2,2-7H3/t18?,19-,20+,21+,22-,23+,25+,28-,29+,30+/m0/s1. The number of allylic oxidation sites excluding steroid dienone is 1. The second kappa shape index (κ2) is 7.90. The first-order chi connectivity index (χ1) is 15.8. The molecule has 5 aliphatic rings. The molecule has 0 bridgehead atoms. The summed E-state index contributed by atoms with van der Waals surface area (Å²) in [6.07, 6.45) is 10.1. The SMILES string of the molecule is C=C(C)[C@@H]1C[C@@H](C(=O)OP)C2CC[C@]3(C)[C@H](CC[C@@H]4[C@@]5(C)CCC(=O)C(C)(C)[C@@H]5CC[C@]43C)[C@H]21. The molecule has 0 N–H and O–H groups in total. The van der Waals surface area contributed by atoms with E-state index in [0.29, 0.717) is 46.7 Å². The van der Waals surface area contributed by atoms with Gasteiger partial charge in [0, 0.05) is 11.8 Å². The molecule has 0 aromatic carbocycles. The zero-order valence-corrected chi connectivity index (χ0v) is 23.6. The minimum Gasteiger partial charge on any atom is -0.451 e. The number of carbonyl (C=O) groups excluding carboxylic acids is 2. The lowest BCUT2D eigenvalue weighted by Crippen LogP contribution is -2.65. The molecule has 190 valence electrons. The Morgan fingerprint density at radius 2 is 1.62 bits per heavy atom. The van der Waals surface area contributed by atoms with Crippen molar-refractivity contribution in [3.8, 4) is 0 Å². The van der Waals surface area contributed by atoms with Crippen molar-refractivity contribution < 1.29 is 14.1 Å². The second-order valence-corrected chi connectivity index (χ2v) is 14.6. The molecule has 0 radical (unpaired) electrons. The minimum atomic E-state index is -0.189. The molecule has 3 nitrogen and oxygen atoms in total. The van der Waals surface area contributed by atoms with Crippen LogP contribution in [0.5, 0.6) is 0 Å². The summed E-state index contributed by atoms with van der Waals surface area (Å²) in [5.41, 5.74) is 1.90. The van der Waals surface area contributed by atoms with Gasteiger partial charge in [0.25, 0.3) is 0 Å². The fraction of sp³-hybridized carbons (Fsp3) is 0.867. The number of carbonyl (C=O) groups is 2. The van der Waals surface area contributed by atoms with Gasteiger partial charge in [-0.2, -0.15) is 0 Å². The van der Waals surface area contributed by atoms with Crippen LogP contribution in [0.2, 0.25) is 0 Å². The van der Waals surface area contributed by atoms with Gasteiger partial charge in [-0.1, -0.05) is 46.8 Å². The highest BCUT2D eigenvalue weighted by molar-refractivity contribution is 7.10. The van der Waals surface area contributed by atoms with Crippen molar-refractivity contribution >= 4 is 21.2 Å². The van der Waals surface area contributed by atoms with Gasteiger partial charge in [-0.3, -0.25) is 9.59 Å². The van der Waals surface area contributed by atoms with Crippen molar-refractivity contribution in [3.63, 3.8) is 0 Å². The van der Waals surface area contributed by atoms with Crippen LogP contribution in [0, 0.1) is 63.1 Å². The van der Waals surface area contributed by atoms with Crippen LogP contribution in [-0.4, -0.2) is 11.8 Å². The molecule has 5 fully saturated rings. The Kier molecular flexibility index (Phi) is 5.81. The van der Waals surface area contributed by atoms with Crippen LogP contribution in [0.25, 0.3) is 0 Å². The molecule has 0 saturated heterocycles. The van der Waals surface area contributed by atoms with Gasteiger partial charge < -0.3 is 4.52 Å². The lowest BCUT2D eigenvalue weighted by atomic mass is 9.33. The van der Waals surface area contributed by atoms with Crippen molar-refractivity contribution in [2.24, 2.45) is 63.1 Å². The van der Waals surface area contributed by atoms with Gasteiger partial charge in [-0.25, -0.2) is 0 Å². The molecule has 11 atom stereocenters. The molecule has 5 saturated carbocycles. The van der Waals surface area contributed by atoms with Crippen LogP contribution in [0.15, 0.2) is 12.2 Å². The molecule has 0 aromatic rings. The van der Waals surface area contributed by atoms with Gasteiger partial charge in [0.05, 0.1) is 15.4 Å². The zero-order valence-electron chi connectivity index (χ0n) is 22.4. The van der Waals surface area contributed by atoms with Gasteiger partial charge in [-0.15, -0.1) is 0 Å². The highest BCUT2D eigenvalue weighted by Crippen LogP contribution is 2.76. The van der Waals surface area contributed by atoms with Gasteiger partial charge >= 0.3 is 5.97 Å². The molecular formula is C30H47O3P.